The van der Waals surface area contributed by atoms with Gasteiger partial charge in [0.1, 0.15) is 0 Å². The van der Waals surface area contributed by atoms with Crippen molar-refractivity contribution in [2.75, 3.05) is 6.54 Å². The Balaban J connectivity index is 2.87. The Kier molecular flexibility index (Phi) is 3.76. The average Bonchev–Trinajstić information content (AvgIpc) is 2.41. The molecule has 0 spiro atoms. The maximum atomic E-state index is 12.2. The molecule has 1 rings (SSSR count). The minimum Gasteiger partial charge on any atom is -0.382 e. The molecule has 1 fully saturated rings. The minimum atomic E-state index is -4.84. The molecule has 104 valence electrons. The van der Waals surface area contributed by atoms with Crippen LogP contribution in [0.4, 0.5) is 13.2 Å². The zero-order valence-electron chi connectivity index (χ0n) is 10.4. The molecule has 7 heteroatoms. The monoisotopic (exact) mass is 267 g/mol. The fraction of sp³-hybridized carbons (Fsp3) is 0.818. The van der Waals surface area contributed by atoms with Crippen molar-refractivity contribution in [3.8, 4) is 0 Å². The third-order valence-electron chi connectivity index (χ3n) is 3.56. The molecule has 0 radical (unpaired) electrons. The summed E-state index contributed by atoms with van der Waals surface area (Å²) >= 11 is 0. The Morgan fingerprint density at radius 2 is 1.89 bits per heavy atom. The minimum absolute atomic E-state index is 0.117. The van der Waals surface area contributed by atoms with Gasteiger partial charge in [0.2, 0.25) is 11.8 Å². The smallest absolute Gasteiger partial charge is 0.382 e. The van der Waals surface area contributed by atoms with Crippen LogP contribution in [0.5, 0.6) is 0 Å². The molecule has 0 aromatic rings. The van der Waals surface area contributed by atoms with Crippen LogP contribution in [0.3, 0.4) is 0 Å². The van der Waals surface area contributed by atoms with Gasteiger partial charge in [-0.15, -0.1) is 0 Å². The summed E-state index contributed by atoms with van der Waals surface area (Å²) in [7, 11) is 0. The van der Waals surface area contributed by atoms with Gasteiger partial charge in [-0.1, -0.05) is 13.8 Å². The van der Waals surface area contributed by atoms with Crippen LogP contribution in [0, 0.1) is 11.3 Å². The van der Waals surface area contributed by atoms with Crippen LogP contribution in [0.25, 0.3) is 0 Å². The number of hydrogen-bond donors (Lipinski definition) is 1. The van der Waals surface area contributed by atoms with Crippen molar-refractivity contribution >= 4 is 11.8 Å². The predicted molar refractivity (Wildman–Crippen MR) is 56.3 cm³/mol. The van der Waals surface area contributed by atoms with E-state index >= 15 is 0 Å². The first-order chi connectivity index (χ1) is 8.00. The first kappa shape index (κ1) is 14.9. The molecule has 0 saturated carbocycles. The Hall–Kier alpha value is -1.11. The number of aliphatic hydroxyl groups is 1. The van der Waals surface area contributed by atoms with Gasteiger partial charge in [0.05, 0.1) is 12.0 Å². The van der Waals surface area contributed by atoms with Crippen molar-refractivity contribution in [1.82, 2.24) is 4.90 Å². The van der Waals surface area contributed by atoms with E-state index in [9.17, 15) is 22.8 Å². The van der Waals surface area contributed by atoms with Crippen molar-refractivity contribution in [1.29, 1.82) is 0 Å². The summed E-state index contributed by atoms with van der Waals surface area (Å²) in [6.45, 7) is 3.99. The SMILES string of the molecule is CC(C)C1(C)CC(=O)N(CC(O)C(F)(F)F)C1=O. The van der Waals surface area contributed by atoms with E-state index in [1.54, 1.807) is 20.8 Å². The highest BCUT2D eigenvalue weighted by Crippen LogP contribution is 2.39. The molecule has 0 bridgehead atoms. The molecule has 1 aliphatic heterocycles. The number of alkyl halides is 3. The standard InChI is InChI=1S/C11H16F3NO3/c1-6(2)10(3)4-8(17)15(9(10)18)5-7(16)11(12,13)14/h6-7,16H,4-5H2,1-3H3. The van der Waals surface area contributed by atoms with Crippen molar-refractivity contribution in [2.24, 2.45) is 11.3 Å². The number of hydrogen-bond acceptors (Lipinski definition) is 3. The number of rotatable bonds is 3. The van der Waals surface area contributed by atoms with Crippen LogP contribution in [0.2, 0.25) is 0 Å². The highest BCUT2D eigenvalue weighted by atomic mass is 19.4. The van der Waals surface area contributed by atoms with Gasteiger partial charge in [0.25, 0.3) is 0 Å². The maximum absolute atomic E-state index is 12.2. The zero-order chi connectivity index (χ0) is 14.3. The molecule has 1 aliphatic rings. The van der Waals surface area contributed by atoms with Crippen molar-refractivity contribution in [3.63, 3.8) is 0 Å². The summed E-state index contributed by atoms with van der Waals surface area (Å²) < 4.78 is 36.6. The summed E-state index contributed by atoms with van der Waals surface area (Å²) in [6, 6.07) is 0. The second-order valence-electron chi connectivity index (χ2n) is 5.12. The van der Waals surface area contributed by atoms with E-state index in [2.05, 4.69) is 0 Å². The van der Waals surface area contributed by atoms with Gasteiger partial charge in [-0.25, -0.2) is 0 Å². The van der Waals surface area contributed by atoms with Gasteiger partial charge in [0.15, 0.2) is 6.10 Å². The number of imide groups is 1. The lowest BCUT2D eigenvalue weighted by Crippen LogP contribution is -2.45. The third kappa shape index (κ3) is 2.50. The fourth-order valence-electron chi connectivity index (χ4n) is 1.82. The van der Waals surface area contributed by atoms with E-state index in [0.29, 0.717) is 4.90 Å². The number of likely N-dealkylation sites (tertiary alicyclic amines) is 1. The van der Waals surface area contributed by atoms with Crippen LogP contribution in [0.1, 0.15) is 27.2 Å². The quantitative estimate of drug-likeness (QED) is 0.785. The van der Waals surface area contributed by atoms with Gasteiger partial charge in [-0.3, -0.25) is 14.5 Å². The molecule has 2 unspecified atom stereocenters. The second-order valence-corrected chi connectivity index (χ2v) is 5.12. The number of amides is 2. The maximum Gasteiger partial charge on any atom is 0.416 e. The number of carbonyl (C=O) groups is 2. The molecule has 1 N–H and O–H groups in total. The molecule has 0 aromatic heterocycles. The summed E-state index contributed by atoms with van der Waals surface area (Å²) in [5.74, 6) is -1.48. The zero-order valence-corrected chi connectivity index (χ0v) is 10.4. The molecule has 4 nitrogen and oxygen atoms in total. The van der Waals surface area contributed by atoms with Gasteiger partial charge in [-0.05, 0) is 12.8 Å². The molecular formula is C11H16F3NO3. The second kappa shape index (κ2) is 4.53. The Labute approximate surface area is 103 Å². The molecular weight excluding hydrogens is 251 g/mol. The van der Waals surface area contributed by atoms with Crippen LogP contribution in [0.15, 0.2) is 0 Å². The van der Waals surface area contributed by atoms with Crippen molar-refractivity contribution in [3.05, 3.63) is 0 Å². The molecule has 2 atom stereocenters. The first-order valence-corrected chi connectivity index (χ1v) is 5.59. The first-order valence-electron chi connectivity index (χ1n) is 5.59. The van der Waals surface area contributed by atoms with E-state index in [1.807, 2.05) is 0 Å². The Morgan fingerprint density at radius 3 is 2.22 bits per heavy atom. The number of halogens is 3. The fourth-order valence-corrected chi connectivity index (χ4v) is 1.82. The summed E-state index contributed by atoms with van der Waals surface area (Å²) in [5, 5.41) is 8.92. The number of carbonyl (C=O) groups excluding carboxylic acids is 2. The molecule has 0 aliphatic carbocycles. The highest BCUT2D eigenvalue weighted by molar-refractivity contribution is 6.05. The van der Waals surface area contributed by atoms with E-state index in [1.165, 1.54) is 0 Å². The molecule has 18 heavy (non-hydrogen) atoms. The van der Waals surface area contributed by atoms with E-state index in [-0.39, 0.29) is 12.3 Å². The largest absolute Gasteiger partial charge is 0.416 e. The van der Waals surface area contributed by atoms with Crippen LogP contribution in [-0.2, 0) is 9.59 Å². The topological polar surface area (TPSA) is 57.6 Å². The summed E-state index contributed by atoms with van der Waals surface area (Å²) in [6.07, 6.45) is -7.65. The average molecular weight is 267 g/mol. The van der Waals surface area contributed by atoms with E-state index < -0.39 is 36.1 Å². The normalized spacial score (nSPS) is 27.2. The van der Waals surface area contributed by atoms with Gasteiger partial charge < -0.3 is 5.11 Å². The van der Waals surface area contributed by atoms with Gasteiger partial charge in [-0.2, -0.15) is 13.2 Å². The van der Waals surface area contributed by atoms with Crippen LogP contribution >= 0.6 is 0 Å². The lowest BCUT2D eigenvalue weighted by molar-refractivity contribution is -0.208. The van der Waals surface area contributed by atoms with E-state index in [4.69, 9.17) is 5.11 Å². The predicted octanol–water partition coefficient (Wildman–Crippen LogP) is 1.33. The Bertz CT molecular complexity index is 367. The van der Waals surface area contributed by atoms with Crippen LogP contribution in [-0.4, -0.2) is 40.6 Å². The van der Waals surface area contributed by atoms with Crippen LogP contribution < -0.4 is 0 Å². The lowest BCUT2D eigenvalue weighted by Gasteiger charge is -2.27. The molecule has 1 saturated heterocycles. The van der Waals surface area contributed by atoms with Crippen molar-refractivity contribution < 1.29 is 27.9 Å². The lowest BCUT2D eigenvalue weighted by atomic mass is 9.78. The summed E-state index contributed by atoms with van der Waals surface area (Å²) in [5.41, 5.74) is -0.984. The summed E-state index contributed by atoms with van der Waals surface area (Å²) in [4.78, 5) is 24.1. The number of aliphatic hydroxyl groups excluding tert-OH is 1. The third-order valence-corrected chi connectivity index (χ3v) is 3.56. The molecule has 2 amide bonds. The van der Waals surface area contributed by atoms with Gasteiger partial charge >= 0.3 is 6.18 Å². The number of nitrogens with zero attached hydrogens (tertiary/aromatic N) is 1. The Morgan fingerprint density at radius 1 is 1.39 bits per heavy atom. The van der Waals surface area contributed by atoms with Crippen molar-refractivity contribution in [2.45, 2.75) is 39.5 Å². The van der Waals surface area contributed by atoms with E-state index in [0.717, 1.165) is 0 Å². The number of β-amino-alcohol motifs (C(OH)–C–C–N with tert-alkyl or cyclic N) is 1. The molecule has 0 aromatic carbocycles. The molecule has 1 heterocycles. The van der Waals surface area contributed by atoms with Gasteiger partial charge in [0, 0.05) is 6.42 Å². The highest BCUT2D eigenvalue weighted by Gasteiger charge is 2.52.